The fraction of sp³-hybridized carbons (Fsp3) is 0.533. The lowest BCUT2D eigenvalue weighted by molar-refractivity contribution is 0.174. The number of nitrogens with one attached hydrogen (secondary N) is 2. The second kappa shape index (κ2) is 7.72. The van der Waals surface area contributed by atoms with Crippen LogP contribution < -0.4 is 20.1 Å². The molecule has 1 heterocycles. The fourth-order valence-corrected chi connectivity index (χ4v) is 2.21. The van der Waals surface area contributed by atoms with Crippen molar-refractivity contribution in [1.82, 2.24) is 10.6 Å². The molecule has 0 amide bonds. The minimum absolute atomic E-state index is 0. The molecule has 5 nitrogen and oxygen atoms in total. The second-order valence-electron chi connectivity index (χ2n) is 5.26. The number of ether oxygens (including phenoxy) is 2. The summed E-state index contributed by atoms with van der Waals surface area (Å²) >= 11 is 0. The SMILES string of the molecule is CN=C(NCCc1ccc2c(c1)OCO2)NCC1CC1.I. The minimum atomic E-state index is 0. The Morgan fingerprint density at radius 1 is 1.24 bits per heavy atom. The number of nitrogens with zero attached hydrogens (tertiary/aromatic N) is 1. The summed E-state index contributed by atoms with van der Waals surface area (Å²) in [5.41, 5.74) is 1.24. The van der Waals surface area contributed by atoms with Gasteiger partial charge in [-0.2, -0.15) is 0 Å². The zero-order valence-electron chi connectivity index (χ0n) is 12.2. The molecule has 0 saturated heterocycles. The summed E-state index contributed by atoms with van der Waals surface area (Å²) in [5, 5.41) is 6.69. The molecule has 1 fully saturated rings. The molecule has 0 aromatic heterocycles. The van der Waals surface area contributed by atoms with Gasteiger partial charge in [-0.3, -0.25) is 4.99 Å². The third-order valence-corrected chi connectivity index (χ3v) is 3.62. The van der Waals surface area contributed by atoms with Crippen molar-refractivity contribution >= 4 is 29.9 Å². The van der Waals surface area contributed by atoms with E-state index in [4.69, 9.17) is 9.47 Å². The maximum Gasteiger partial charge on any atom is 0.231 e. The van der Waals surface area contributed by atoms with Crippen LogP contribution in [0.2, 0.25) is 0 Å². The number of halogens is 1. The molecule has 1 aliphatic heterocycles. The molecule has 21 heavy (non-hydrogen) atoms. The molecular weight excluding hydrogens is 381 g/mol. The smallest absolute Gasteiger partial charge is 0.231 e. The van der Waals surface area contributed by atoms with Crippen molar-refractivity contribution in [3.05, 3.63) is 23.8 Å². The molecule has 1 aliphatic carbocycles. The molecule has 6 heteroatoms. The first-order chi connectivity index (χ1) is 9.85. The molecule has 0 atom stereocenters. The van der Waals surface area contributed by atoms with Gasteiger partial charge in [0.05, 0.1) is 0 Å². The highest BCUT2D eigenvalue weighted by molar-refractivity contribution is 14.0. The van der Waals surface area contributed by atoms with E-state index in [0.717, 1.165) is 42.9 Å². The molecule has 0 radical (unpaired) electrons. The van der Waals surface area contributed by atoms with E-state index in [1.165, 1.54) is 18.4 Å². The predicted molar refractivity (Wildman–Crippen MR) is 93.8 cm³/mol. The number of hydrogen-bond acceptors (Lipinski definition) is 3. The number of guanidine groups is 1. The van der Waals surface area contributed by atoms with Gasteiger partial charge in [0.25, 0.3) is 0 Å². The van der Waals surface area contributed by atoms with Gasteiger partial charge in [0.15, 0.2) is 17.5 Å². The Hall–Kier alpha value is -1.18. The number of benzene rings is 1. The highest BCUT2D eigenvalue weighted by atomic mass is 127. The largest absolute Gasteiger partial charge is 0.454 e. The van der Waals surface area contributed by atoms with Gasteiger partial charge >= 0.3 is 0 Å². The number of rotatable bonds is 5. The fourth-order valence-electron chi connectivity index (χ4n) is 2.21. The Bertz CT molecular complexity index is 504. The summed E-state index contributed by atoms with van der Waals surface area (Å²) < 4.78 is 10.7. The molecule has 3 rings (SSSR count). The molecular formula is C15H22IN3O2. The standard InChI is InChI=1S/C15H21N3O2.HI/c1-16-15(18-9-12-2-3-12)17-7-6-11-4-5-13-14(8-11)20-10-19-13;/h4-5,8,12H,2-3,6-7,9-10H2,1H3,(H2,16,17,18);1H. The summed E-state index contributed by atoms with van der Waals surface area (Å²) in [6.45, 7) is 2.21. The highest BCUT2D eigenvalue weighted by Crippen LogP contribution is 2.32. The van der Waals surface area contributed by atoms with Gasteiger partial charge in [0.1, 0.15) is 0 Å². The van der Waals surface area contributed by atoms with E-state index in [1.807, 2.05) is 19.2 Å². The average Bonchev–Trinajstić information content (AvgIpc) is 3.18. The van der Waals surface area contributed by atoms with E-state index in [9.17, 15) is 0 Å². The Morgan fingerprint density at radius 2 is 2.05 bits per heavy atom. The van der Waals surface area contributed by atoms with Gasteiger partial charge in [0.2, 0.25) is 6.79 Å². The normalized spacial score (nSPS) is 16.3. The summed E-state index contributed by atoms with van der Waals surface area (Å²) in [7, 11) is 1.81. The molecule has 2 aliphatic rings. The summed E-state index contributed by atoms with van der Waals surface area (Å²) in [6, 6.07) is 6.10. The van der Waals surface area contributed by atoms with Crippen molar-refractivity contribution in [1.29, 1.82) is 0 Å². The van der Waals surface area contributed by atoms with Crippen molar-refractivity contribution in [3.8, 4) is 11.5 Å². The zero-order chi connectivity index (χ0) is 13.8. The lowest BCUT2D eigenvalue weighted by Gasteiger charge is -2.11. The van der Waals surface area contributed by atoms with Crippen LogP contribution in [0.3, 0.4) is 0 Å². The Labute approximate surface area is 142 Å². The van der Waals surface area contributed by atoms with E-state index >= 15 is 0 Å². The third-order valence-electron chi connectivity index (χ3n) is 3.62. The first kappa shape index (κ1) is 16.2. The number of aliphatic imine (C=N–C) groups is 1. The van der Waals surface area contributed by atoms with Gasteiger partial charge in [-0.05, 0) is 42.9 Å². The molecule has 0 bridgehead atoms. The van der Waals surface area contributed by atoms with Crippen LogP contribution in [0.15, 0.2) is 23.2 Å². The van der Waals surface area contributed by atoms with Crippen LogP contribution in [-0.4, -0.2) is 32.9 Å². The monoisotopic (exact) mass is 403 g/mol. The first-order valence-electron chi connectivity index (χ1n) is 7.18. The van der Waals surface area contributed by atoms with Crippen LogP contribution in [0.5, 0.6) is 11.5 Å². The van der Waals surface area contributed by atoms with Crippen LogP contribution in [0.4, 0.5) is 0 Å². The van der Waals surface area contributed by atoms with E-state index in [0.29, 0.717) is 6.79 Å². The first-order valence-corrected chi connectivity index (χ1v) is 7.18. The van der Waals surface area contributed by atoms with Crippen molar-refractivity contribution in [3.63, 3.8) is 0 Å². The van der Waals surface area contributed by atoms with Crippen molar-refractivity contribution in [2.24, 2.45) is 10.9 Å². The maximum atomic E-state index is 5.38. The van der Waals surface area contributed by atoms with Crippen LogP contribution in [0, 0.1) is 5.92 Å². The number of hydrogen-bond donors (Lipinski definition) is 2. The number of fused-ring (bicyclic) bond motifs is 1. The predicted octanol–water partition coefficient (Wildman–Crippen LogP) is 2.15. The maximum absolute atomic E-state index is 5.38. The van der Waals surface area contributed by atoms with Gasteiger partial charge in [-0.25, -0.2) is 0 Å². The molecule has 2 N–H and O–H groups in total. The lowest BCUT2D eigenvalue weighted by Crippen LogP contribution is -2.39. The van der Waals surface area contributed by atoms with Gasteiger partial charge < -0.3 is 20.1 Å². The van der Waals surface area contributed by atoms with E-state index in [1.54, 1.807) is 0 Å². The van der Waals surface area contributed by atoms with Crippen LogP contribution in [-0.2, 0) is 6.42 Å². The topological polar surface area (TPSA) is 54.9 Å². The Morgan fingerprint density at radius 3 is 2.81 bits per heavy atom. The van der Waals surface area contributed by atoms with E-state index < -0.39 is 0 Å². The van der Waals surface area contributed by atoms with Crippen molar-refractivity contribution < 1.29 is 9.47 Å². The Balaban J connectivity index is 0.00000161. The second-order valence-corrected chi connectivity index (χ2v) is 5.26. The molecule has 0 spiro atoms. The lowest BCUT2D eigenvalue weighted by atomic mass is 10.1. The van der Waals surface area contributed by atoms with Gasteiger partial charge in [-0.1, -0.05) is 6.07 Å². The van der Waals surface area contributed by atoms with Crippen molar-refractivity contribution in [2.45, 2.75) is 19.3 Å². The van der Waals surface area contributed by atoms with Gasteiger partial charge in [-0.15, -0.1) is 24.0 Å². The summed E-state index contributed by atoms with van der Waals surface area (Å²) in [4.78, 5) is 4.23. The van der Waals surface area contributed by atoms with E-state index in [-0.39, 0.29) is 24.0 Å². The Kier molecular flexibility index (Phi) is 5.96. The molecule has 1 aromatic rings. The summed E-state index contributed by atoms with van der Waals surface area (Å²) in [5.74, 6) is 3.42. The molecule has 1 saturated carbocycles. The summed E-state index contributed by atoms with van der Waals surface area (Å²) in [6.07, 6.45) is 3.63. The molecule has 116 valence electrons. The highest BCUT2D eigenvalue weighted by Gasteiger charge is 2.21. The van der Waals surface area contributed by atoms with Crippen molar-refractivity contribution in [2.75, 3.05) is 26.9 Å². The third kappa shape index (κ3) is 4.66. The molecule has 1 aromatic carbocycles. The van der Waals surface area contributed by atoms with Crippen LogP contribution in [0.25, 0.3) is 0 Å². The zero-order valence-corrected chi connectivity index (χ0v) is 14.6. The van der Waals surface area contributed by atoms with E-state index in [2.05, 4.69) is 21.7 Å². The minimum Gasteiger partial charge on any atom is -0.454 e. The molecule has 0 unspecified atom stereocenters. The quantitative estimate of drug-likeness (QED) is 0.450. The average molecular weight is 403 g/mol. The van der Waals surface area contributed by atoms with Gasteiger partial charge in [0, 0.05) is 20.1 Å². The van der Waals surface area contributed by atoms with Crippen LogP contribution >= 0.6 is 24.0 Å². The van der Waals surface area contributed by atoms with Crippen LogP contribution in [0.1, 0.15) is 18.4 Å².